The standard InChI is InChI=1S/C26H35F3N6O.C25H35ClN6O.C25H33F3N6O.C24H33ClN6O/c1-18-16-20(19-9-14-34(2)15-10-19)7-8-22(18)32-25-31-17-21(26(27,28)29)24(33-25)30-11-5-13-35-12-4-3-6-23(35)36;1-18-16-20(19-9-14-31(2)15-10-19)7-8-22(18)29-25-28-17-21(26)24(30-25)27-11-5-13-32-12-4-3-6-23(32)33;1-17-15-19(18-8-11-29-12-9-18)6-7-21(17)32-24-31-16-20(25(26,27)28)23(33-24)30-10-4-14-34-13-3-2-5-22(34)35;1-17-15-19(18-8-11-26-12-9-18)6-7-21(17)29-24-28-16-20(25)23(30-24)27-10-4-14-31-13-3-2-5-22(31)32/h7-8,16-17,19H,3-6,9-15H2,1-2H3,(H2,30,31,32,33);7-8,16-17,19H,3-6,9-15H2,1-2H3,(H2,27,28,29,30);6-7,15-16,18,29H,2-5,8-14H2,1H3,(H2,30,31,32,33);6-7,15-16,18,26H,2-5,8-14H2,1H3,(H2,27,28,29,30). The Morgan fingerprint density at radius 1 is 0.346 bits per heavy atom. The lowest BCUT2D eigenvalue weighted by molar-refractivity contribution is -0.138. The van der Waals surface area contributed by atoms with Crippen molar-refractivity contribution in [3.63, 3.8) is 0 Å². The third-order valence-corrected chi connectivity index (χ3v) is 27.5. The minimum atomic E-state index is -4.57. The van der Waals surface area contributed by atoms with Crippen LogP contribution in [0.5, 0.6) is 0 Å². The average molecular weight is 1920 g/mol. The van der Waals surface area contributed by atoms with E-state index in [1.807, 2.05) is 35.8 Å². The van der Waals surface area contributed by atoms with Gasteiger partial charge < -0.3 is 82.6 Å². The molecule has 0 aliphatic carbocycles. The fourth-order valence-electron chi connectivity index (χ4n) is 18.8. The summed E-state index contributed by atoms with van der Waals surface area (Å²) >= 11 is 12.6. The maximum Gasteiger partial charge on any atom is 0.421 e. The Kier molecular flexibility index (Phi) is 38.4. The van der Waals surface area contributed by atoms with Crippen LogP contribution in [0.25, 0.3) is 0 Å². The zero-order chi connectivity index (χ0) is 96.1. The minimum absolute atomic E-state index is 0.101. The monoisotopic (exact) mass is 1920 g/mol. The van der Waals surface area contributed by atoms with Crippen molar-refractivity contribution >= 4 is 117 Å². The molecule has 0 bridgehead atoms. The van der Waals surface area contributed by atoms with Crippen LogP contribution in [0.4, 0.5) is 96.2 Å². The molecule has 12 heterocycles. The number of amides is 4. The van der Waals surface area contributed by atoms with E-state index in [-0.39, 0.29) is 60.3 Å². The Morgan fingerprint density at radius 3 is 0.853 bits per heavy atom. The van der Waals surface area contributed by atoms with Crippen LogP contribution in [0.2, 0.25) is 10.0 Å². The quantitative estimate of drug-likeness (QED) is 0.0138. The number of rotatable bonds is 32. The van der Waals surface area contributed by atoms with E-state index in [1.54, 1.807) is 22.2 Å². The van der Waals surface area contributed by atoms with Crippen LogP contribution >= 0.6 is 23.2 Å². The van der Waals surface area contributed by atoms with Gasteiger partial charge in [-0.05, 0) is 315 Å². The number of halogens is 8. The molecule has 28 nitrogen and oxygen atoms in total. The van der Waals surface area contributed by atoms with Crippen molar-refractivity contribution in [1.29, 1.82) is 0 Å². The molecule has 4 amide bonds. The van der Waals surface area contributed by atoms with Gasteiger partial charge in [0.15, 0.2) is 0 Å². The largest absolute Gasteiger partial charge is 0.421 e. The van der Waals surface area contributed by atoms with Gasteiger partial charge in [0.2, 0.25) is 47.4 Å². The van der Waals surface area contributed by atoms with Crippen molar-refractivity contribution in [2.24, 2.45) is 0 Å². The number of hydrogen-bond acceptors (Lipinski definition) is 24. The lowest BCUT2D eigenvalue weighted by atomic mass is 9.88. The SMILES string of the molecule is Cc1cc(C2CCN(C)CC2)ccc1Nc1ncc(C(F)(F)F)c(NCCCN2CCCCC2=O)n1.Cc1cc(C2CCN(C)CC2)ccc1Nc1ncc(Cl)c(NCCCN2CCCCC2=O)n1.Cc1cc(C2CCNCC2)ccc1Nc1ncc(C(F)(F)F)c(NCCCN2CCCCC2=O)n1.Cc1cc(C2CCNCC2)ccc1Nc1ncc(Cl)c(NCCCN2CCCCC2=O)n1. The molecule has 736 valence electrons. The summed E-state index contributed by atoms with van der Waals surface area (Å²) in [5, 5.41) is 32.8. The van der Waals surface area contributed by atoms with Gasteiger partial charge in [0.05, 0.1) is 12.4 Å². The first kappa shape index (κ1) is 103. The van der Waals surface area contributed by atoms with Crippen molar-refractivity contribution in [3.8, 4) is 0 Å². The summed E-state index contributed by atoms with van der Waals surface area (Å²) in [6.07, 6.45) is 18.1. The molecular weight excluding hydrogens is 1790 g/mol. The molecule has 8 aliphatic rings. The Bertz CT molecular complexity index is 5240. The van der Waals surface area contributed by atoms with Crippen molar-refractivity contribution in [1.82, 2.24) is 79.9 Å². The van der Waals surface area contributed by atoms with Gasteiger partial charge in [-0.25, -0.2) is 19.9 Å². The molecule has 16 rings (SSSR count). The summed E-state index contributed by atoms with van der Waals surface area (Å²) in [5.41, 5.74) is 11.4. The van der Waals surface area contributed by atoms with Crippen molar-refractivity contribution < 1.29 is 45.5 Å². The Morgan fingerprint density at radius 2 is 0.596 bits per heavy atom. The summed E-state index contributed by atoms with van der Waals surface area (Å²) in [7, 11) is 4.33. The second-order valence-corrected chi connectivity index (χ2v) is 38.0. The predicted octanol–water partition coefficient (Wildman–Crippen LogP) is 19.3. The number of likely N-dealkylation sites (tertiary alicyclic amines) is 6. The van der Waals surface area contributed by atoms with E-state index in [1.165, 1.54) is 59.1 Å². The minimum Gasteiger partial charge on any atom is -0.369 e. The first-order valence-electron chi connectivity index (χ1n) is 48.9. The van der Waals surface area contributed by atoms with Crippen molar-refractivity contribution in [2.45, 2.75) is 218 Å². The number of benzene rings is 4. The molecule has 4 aromatic carbocycles. The van der Waals surface area contributed by atoms with E-state index in [2.05, 4.69) is 191 Å². The highest BCUT2D eigenvalue weighted by Crippen LogP contribution is 2.40. The zero-order valence-electron chi connectivity index (χ0n) is 79.6. The molecule has 8 aliphatic heterocycles. The number of anilines is 12. The number of aryl methyl sites for hydroxylation is 4. The van der Waals surface area contributed by atoms with E-state index < -0.39 is 23.5 Å². The van der Waals surface area contributed by atoms with E-state index >= 15 is 0 Å². The van der Waals surface area contributed by atoms with E-state index in [0.717, 1.165) is 215 Å². The number of carbonyl (C=O) groups excluding carboxylic acids is 4. The van der Waals surface area contributed by atoms with E-state index in [4.69, 9.17) is 23.2 Å². The number of piperidine rings is 8. The van der Waals surface area contributed by atoms with Crippen LogP contribution < -0.4 is 53.2 Å². The van der Waals surface area contributed by atoms with Gasteiger partial charge >= 0.3 is 12.4 Å². The van der Waals surface area contributed by atoms with Crippen molar-refractivity contribution in [3.05, 3.63) is 163 Å². The summed E-state index contributed by atoms with van der Waals surface area (Å²) in [6, 6.07) is 25.6. The number of alkyl halides is 6. The fraction of sp³-hybridized carbons (Fsp3) is 0.560. The smallest absolute Gasteiger partial charge is 0.369 e. The normalized spacial score (nSPS) is 17.7. The molecular formula is C100H136Cl2F6N24O4. The summed E-state index contributed by atoms with van der Waals surface area (Å²) in [4.78, 5) is 93.9. The molecule has 8 fully saturated rings. The topological polar surface area (TPSA) is 311 Å². The maximum absolute atomic E-state index is 13.6. The summed E-state index contributed by atoms with van der Waals surface area (Å²) in [5.74, 6) is 5.01. The number of carbonyl (C=O) groups is 4. The molecule has 8 saturated heterocycles. The molecule has 0 spiro atoms. The van der Waals surface area contributed by atoms with Crippen molar-refractivity contribution in [2.75, 3.05) is 188 Å². The number of aromatic nitrogens is 8. The second-order valence-electron chi connectivity index (χ2n) is 37.2. The second kappa shape index (κ2) is 50.7. The Balaban J connectivity index is 0.000000154. The van der Waals surface area contributed by atoms with Crippen LogP contribution in [0.15, 0.2) is 97.6 Å². The molecule has 0 atom stereocenters. The highest BCUT2D eigenvalue weighted by atomic mass is 35.5. The van der Waals surface area contributed by atoms with Gasteiger partial charge in [0.1, 0.15) is 44.4 Å². The van der Waals surface area contributed by atoms with E-state index in [0.29, 0.717) is 135 Å². The number of nitrogens with one attached hydrogen (secondary N) is 10. The number of nitrogens with zero attached hydrogens (tertiary/aromatic N) is 14. The van der Waals surface area contributed by atoms with Crippen LogP contribution in [0, 0.1) is 27.7 Å². The Hall–Kier alpha value is -10.5. The maximum atomic E-state index is 13.6. The molecule has 8 aromatic rings. The molecule has 0 unspecified atom stereocenters. The predicted molar refractivity (Wildman–Crippen MR) is 529 cm³/mol. The molecule has 4 aromatic heterocycles. The van der Waals surface area contributed by atoms with Gasteiger partial charge in [0, 0.05) is 139 Å². The highest BCUT2D eigenvalue weighted by molar-refractivity contribution is 6.33. The molecule has 36 heteroatoms. The first-order valence-corrected chi connectivity index (χ1v) is 49.7. The lowest BCUT2D eigenvalue weighted by Gasteiger charge is -2.29. The molecule has 10 N–H and O–H groups in total. The first-order chi connectivity index (χ1) is 65.6. The Labute approximate surface area is 806 Å². The van der Waals surface area contributed by atoms with Crippen LogP contribution in [0.1, 0.15) is 233 Å². The van der Waals surface area contributed by atoms with Gasteiger partial charge in [0.25, 0.3) is 0 Å². The summed E-state index contributed by atoms with van der Waals surface area (Å²) < 4.78 is 81.4. The average Bonchev–Trinajstić information content (AvgIpc) is 0.751. The van der Waals surface area contributed by atoms with E-state index in [9.17, 15) is 45.5 Å². The molecule has 0 radical (unpaired) electrons. The highest BCUT2D eigenvalue weighted by Gasteiger charge is 2.38. The summed E-state index contributed by atoms with van der Waals surface area (Å²) in [6.45, 7) is 24.5. The van der Waals surface area contributed by atoms with Crippen LogP contribution in [-0.2, 0) is 31.5 Å². The van der Waals surface area contributed by atoms with Gasteiger partial charge in [-0.1, -0.05) is 71.7 Å². The zero-order valence-corrected chi connectivity index (χ0v) is 81.1. The fourth-order valence-corrected chi connectivity index (χ4v) is 19.1. The molecule has 0 saturated carbocycles. The van der Waals surface area contributed by atoms with Gasteiger partial charge in [-0.15, -0.1) is 0 Å². The van der Waals surface area contributed by atoms with Crippen LogP contribution in [-0.4, -0.2) is 238 Å². The van der Waals surface area contributed by atoms with Gasteiger partial charge in [-0.2, -0.15) is 46.3 Å². The van der Waals surface area contributed by atoms with Gasteiger partial charge in [-0.3, -0.25) is 19.2 Å². The number of hydrogen-bond donors (Lipinski definition) is 10. The molecule has 136 heavy (non-hydrogen) atoms. The lowest BCUT2D eigenvalue weighted by Crippen LogP contribution is -2.36. The third-order valence-electron chi connectivity index (χ3n) is 26.9. The van der Waals surface area contributed by atoms with Crippen LogP contribution in [0.3, 0.4) is 0 Å². The third kappa shape index (κ3) is 30.7.